The number of sulfonamides is 1. The van der Waals surface area contributed by atoms with Crippen LogP contribution in [0.1, 0.15) is 18.1 Å². The van der Waals surface area contributed by atoms with E-state index in [4.69, 9.17) is 9.47 Å². The Morgan fingerprint density at radius 3 is 2.38 bits per heavy atom. The predicted octanol–water partition coefficient (Wildman–Crippen LogP) is 3.06. The Kier molecular flexibility index (Phi) is 5.85. The van der Waals surface area contributed by atoms with Gasteiger partial charge in [-0.05, 0) is 56.2 Å². The highest BCUT2D eigenvalue weighted by molar-refractivity contribution is 7.89. The van der Waals surface area contributed by atoms with Crippen LogP contribution in [-0.4, -0.2) is 28.2 Å². The van der Waals surface area contributed by atoms with Crippen LogP contribution in [0.15, 0.2) is 47.4 Å². The lowest BCUT2D eigenvalue weighted by atomic mass is 10.1. The molecule has 6 heteroatoms. The Balaban J connectivity index is 2.09. The summed E-state index contributed by atoms with van der Waals surface area (Å²) >= 11 is 0. The molecule has 5 nitrogen and oxygen atoms in total. The summed E-state index contributed by atoms with van der Waals surface area (Å²) in [5.74, 6) is 1.38. The lowest BCUT2D eigenvalue weighted by Crippen LogP contribution is -2.37. The molecule has 2 rings (SSSR count). The van der Waals surface area contributed by atoms with Gasteiger partial charge in [0.05, 0.1) is 18.0 Å². The number of hydrogen-bond donors (Lipinski definition) is 1. The minimum absolute atomic E-state index is 0.247. The molecule has 1 unspecified atom stereocenters. The van der Waals surface area contributed by atoms with Crippen LogP contribution in [-0.2, 0) is 10.0 Å². The molecule has 0 aromatic heterocycles. The van der Waals surface area contributed by atoms with Gasteiger partial charge in [0.1, 0.15) is 18.1 Å². The zero-order valence-corrected chi connectivity index (χ0v) is 15.2. The van der Waals surface area contributed by atoms with Gasteiger partial charge in [-0.15, -0.1) is 0 Å². The molecule has 0 aliphatic rings. The SMILES string of the molecule is COc1cc(C)c(S(=O)(=O)NC(C)COc2ccccc2)cc1C. The summed E-state index contributed by atoms with van der Waals surface area (Å²) in [4.78, 5) is 0.257. The number of nitrogens with one attached hydrogen (secondary N) is 1. The maximum atomic E-state index is 12.6. The Morgan fingerprint density at radius 2 is 1.75 bits per heavy atom. The van der Waals surface area contributed by atoms with Crippen molar-refractivity contribution in [3.8, 4) is 11.5 Å². The number of rotatable bonds is 7. The van der Waals surface area contributed by atoms with E-state index in [1.807, 2.05) is 37.3 Å². The van der Waals surface area contributed by atoms with E-state index in [2.05, 4.69) is 4.72 Å². The molecular formula is C18H23NO4S. The summed E-state index contributed by atoms with van der Waals surface area (Å²) in [5, 5.41) is 0. The fourth-order valence-electron chi connectivity index (χ4n) is 2.37. The van der Waals surface area contributed by atoms with Crippen LogP contribution in [0.2, 0.25) is 0 Å². The van der Waals surface area contributed by atoms with Crippen molar-refractivity contribution >= 4 is 10.0 Å². The second-order valence-electron chi connectivity index (χ2n) is 5.73. The van der Waals surface area contributed by atoms with E-state index in [-0.39, 0.29) is 17.5 Å². The van der Waals surface area contributed by atoms with Crippen LogP contribution in [0.3, 0.4) is 0 Å². The summed E-state index contributed by atoms with van der Waals surface area (Å²) in [5.41, 5.74) is 1.41. The van der Waals surface area contributed by atoms with Crippen LogP contribution < -0.4 is 14.2 Å². The normalized spacial score (nSPS) is 12.7. The molecule has 130 valence electrons. The van der Waals surface area contributed by atoms with E-state index in [0.29, 0.717) is 17.1 Å². The number of para-hydroxylation sites is 1. The molecule has 0 aliphatic heterocycles. The van der Waals surface area contributed by atoms with Crippen LogP contribution >= 0.6 is 0 Å². The van der Waals surface area contributed by atoms with Gasteiger partial charge in [0.15, 0.2) is 0 Å². The lowest BCUT2D eigenvalue weighted by molar-refractivity contribution is 0.287. The van der Waals surface area contributed by atoms with E-state index in [0.717, 1.165) is 5.56 Å². The second-order valence-corrected chi connectivity index (χ2v) is 7.42. The van der Waals surface area contributed by atoms with Crippen LogP contribution in [0.4, 0.5) is 0 Å². The van der Waals surface area contributed by atoms with Crippen molar-refractivity contribution in [3.05, 3.63) is 53.6 Å². The standard InChI is InChI=1S/C18H23NO4S/c1-13-11-18(14(2)10-17(13)22-4)24(20,21)19-15(3)12-23-16-8-6-5-7-9-16/h5-11,15,19H,12H2,1-4H3. The number of aryl methyl sites for hydroxylation is 2. The minimum atomic E-state index is -3.63. The van der Waals surface area contributed by atoms with Gasteiger partial charge in [-0.1, -0.05) is 18.2 Å². The fourth-order valence-corrected chi connectivity index (χ4v) is 3.91. The van der Waals surface area contributed by atoms with Crippen molar-refractivity contribution < 1.29 is 17.9 Å². The zero-order valence-electron chi connectivity index (χ0n) is 14.4. The third kappa shape index (κ3) is 4.49. The fraction of sp³-hybridized carbons (Fsp3) is 0.333. The first kappa shape index (κ1) is 18.3. The highest BCUT2D eigenvalue weighted by atomic mass is 32.2. The van der Waals surface area contributed by atoms with E-state index in [1.54, 1.807) is 33.1 Å². The van der Waals surface area contributed by atoms with Gasteiger partial charge in [0, 0.05) is 0 Å². The predicted molar refractivity (Wildman–Crippen MR) is 94.2 cm³/mol. The van der Waals surface area contributed by atoms with Crippen molar-refractivity contribution in [2.24, 2.45) is 0 Å². The van der Waals surface area contributed by atoms with Gasteiger partial charge in [-0.3, -0.25) is 0 Å². The van der Waals surface area contributed by atoms with E-state index < -0.39 is 10.0 Å². The molecule has 1 N–H and O–H groups in total. The van der Waals surface area contributed by atoms with Crippen molar-refractivity contribution in [2.75, 3.05) is 13.7 Å². The molecule has 2 aromatic rings. The first-order valence-corrected chi connectivity index (χ1v) is 9.17. The molecule has 0 radical (unpaired) electrons. The maximum Gasteiger partial charge on any atom is 0.241 e. The van der Waals surface area contributed by atoms with E-state index >= 15 is 0 Å². The molecule has 0 bridgehead atoms. The number of methoxy groups -OCH3 is 1. The highest BCUT2D eigenvalue weighted by Crippen LogP contribution is 2.25. The van der Waals surface area contributed by atoms with Gasteiger partial charge in [-0.2, -0.15) is 0 Å². The van der Waals surface area contributed by atoms with Gasteiger partial charge in [0.25, 0.3) is 0 Å². The summed E-state index contributed by atoms with van der Waals surface area (Å²) in [7, 11) is -2.06. The van der Waals surface area contributed by atoms with Crippen LogP contribution in [0.25, 0.3) is 0 Å². The lowest BCUT2D eigenvalue weighted by Gasteiger charge is -2.17. The Bertz CT molecular complexity index is 788. The van der Waals surface area contributed by atoms with Crippen molar-refractivity contribution in [3.63, 3.8) is 0 Å². The second kappa shape index (κ2) is 7.68. The van der Waals surface area contributed by atoms with Gasteiger partial charge in [0.2, 0.25) is 10.0 Å². The van der Waals surface area contributed by atoms with Crippen molar-refractivity contribution in [1.29, 1.82) is 0 Å². The molecule has 0 saturated heterocycles. The highest BCUT2D eigenvalue weighted by Gasteiger charge is 2.21. The molecule has 1 atom stereocenters. The van der Waals surface area contributed by atoms with Gasteiger partial charge < -0.3 is 9.47 Å². The third-order valence-electron chi connectivity index (χ3n) is 3.58. The molecule has 0 spiro atoms. The average Bonchev–Trinajstić information content (AvgIpc) is 2.55. The molecule has 0 amide bonds. The average molecular weight is 349 g/mol. The Morgan fingerprint density at radius 1 is 1.08 bits per heavy atom. The maximum absolute atomic E-state index is 12.6. The minimum Gasteiger partial charge on any atom is -0.496 e. The van der Waals surface area contributed by atoms with Crippen LogP contribution in [0, 0.1) is 13.8 Å². The summed E-state index contributed by atoms with van der Waals surface area (Å²) in [6, 6.07) is 12.3. The number of benzene rings is 2. The monoisotopic (exact) mass is 349 g/mol. The summed E-state index contributed by atoms with van der Waals surface area (Å²) in [6.07, 6.45) is 0. The molecule has 0 heterocycles. The Hall–Kier alpha value is -2.05. The molecule has 0 aliphatic carbocycles. The summed E-state index contributed by atoms with van der Waals surface area (Å²) in [6.45, 7) is 5.59. The topological polar surface area (TPSA) is 64.6 Å². The van der Waals surface area contributed by atoms with Gasteiger partial charge in [-0.25, -0.2) is 13.1 Å². The Labute approximate surface area is 143 Å². The largest absolute Gasteiger partial charge is 0.496 e. The number of hydrogen-bond acceptors (Lipinski definition) is 4. The van der Waals surface area contributed by atoms with Crippen molar-refractivity contribution in [1.82, 2.24) is 4.72 Å². The van der Waals surface area contributed by atoms with Crippen LogP contribution in [0.5, 0.6) is 11.5 Å². The molecule has 24 heavy (non-hydrogen) atoms. The van der Waals surface area contributed by atoms with Crippen molar-refractivity contribution in [2.45, 2.75) is 31.7 Å². The molecule has 2 aromatic carbocycles. The zero-order chi connectivity index (χ0) is 17.7. The third-order valence-corrected chi connectivity index (χ3v) is 5.31. The first-order chi connectivity index (χ1) is 11.3. The molecular weight excluding hydrogens is 326 g/mol. The number of ether oxygens (including phenoxy) is 2. The quantitative estimate of drug-likeness (QED) is 0.834. The molecule has 0 saturated carbocycles. The first-order valence-electron chi connectivity index (χ1n) is 7.69. The smallest absolute Gasteiger partial charge is 0.241 e. The van der Waals surface area contributed by atoms with E-state index in [9.17, 15) is 8.42 Å². The summed E-state index contributed by atoms with van der Waals surface area (Å²) < 4.78 is 38.7. The van der Waals surface area contributed by atoms with Gasteiger partial charge >= 0.3 is 0 Å². The molecule has 0 fully saturated rings. The van der Waals surface area contributed by atoms with E-state index in [1.165, 1.54) is 0 Å².